The third-order valence-corrected chi connectivity index (χ3v) is 2.54. The molecule has 0 aromatic heterocycles. The monoisotopic (exact) mass is 252 g/mol. The molecule has 0 aliphatic carbocycles. The normalized spacial score (nSPS) is 12.3. The molecule has 0 radical (unpaired) electrons. The zero-order valence-corrected chi connectivity index (χ0v) is 10.7. The van der Waals surface area contributed by atoms with Gasteiger partial charge in [0.1, 0.15) is 0 Å². The van der Waals surface area contributed by atoms with Crippen molar-refractivity contribution in [3.05, 3.63) is 66.2 Å². The fraction of sp³-hybridized carbons (Fsp3) is 0.0667. The summed E-state index contributed by atoms with van der Waals surface area (Å²) in [6, 6.07) is 19.4. The standard InChI is InChI=1S/C15H16N4/c1-12(13-8-4-2-5-9-13)18-19-15(16)17-14-10-6-3-7-11-14/h2-11H,1H3,(H3,16,17,19)/b18-12-. The predicted molar refractivity (Wildman–Crippen MR) is 79.5 cm³/mol. The van der Waals surface area contributed by atoms with Gasteiger partial charge in [-0.05, 0) is 24.6 Å². The first-order chi connectivity index (χ1) is 9.25. The molecule has 0 unspecified atom stereocenters. The molecule has 0 heterocycles. The van der Waals surface area contributed by atoms with Crippen LogP contribution in [0.4, 0.5) is 5.69 Å². The lowest BCUT2D eigenvalue weighted by molar-refractivity contribution is 1.00. The van der Waals surface area contributed by atoms with E-state index >= 15 is 0 Å². The molecular weight excluding hydrogens is 236 g/mol. The summed E-state index contributed by atoms with van der Waals surface area (Å²) in [5.41, 5.74) is 11.2. The lowest BCUT2D eigenvalue weighted by atomic mass is 10.1. The number of hydrogen-bond donors (Lipinski definition) is 2. The van der Waals surface area contributed by atoms with Crippen LogP contribution in [0.1, 0.15) is 12.5 Å². The van der Waals surface area contributed by atoms with Gasteiger partial charge in [0.25, 0.3) is 0 Å². The molecule has 4 nitrogen and oxygen atoms in total. The van der Waals surface area contributed by atoms with Gasteiger partial charge in [0, 0.05) is 0 Å². The number of hydrogen-bond acceptors (Lipinski definition) is 2. The first kappa shape index (κ1) is 12.8. The highest BCUT2D eigenvalue weighted by Gasteiger charge is 1.96. The maximum atomic E-state index is 5.76. The van der Waals surface area contributed by atoms with E-state index in [1.807, 2.05) is 67.6 Å². The molecule has 96 valence electrons. The van der Waals surface area contributed by atoms with Gasteiger partial charge in [-0.25, -0.2) is 10.4 Å². The second-order valence-electron chi connectivity index (χ2n) is 4.01. The maximum absolute atomic E-state index is 5.76. The van der Waals surface area contributed by atoms with Crippen molar-refractivity contribution in [2.45, 2.75) is 6.92 Å². The minimum absolute atomic E-state index is 0.265. The van der Waals surface area contributed by atoms with Gasteiger partial charge in [-0.15, -0.1) is 0 Å². The summed E-state index contributed by atoms with van der Waals surface area (Å²) in [5.74, 6) is 0.265. The Kier molecular flexibility index (Phi) is 4.29. The fourth-order valence-corrected chi connectivity index (χ4v) is 1.55. The minimum Gasteiger partial charge on any atom is -0.368 e. The van der Waals surface area contributed by atoms with E-state index in [0.717, 1.165) is 17.0 Å². The third-order valence-electron chi connectivity index (χ3n) is 2.54. The second-order valence-corrected chi connectivity index (χ2v) is 4.01. The minimum atomic E-state index is 0.265. The summed E-state index contributed by atoms with van der Waals surface area (Å²) in [6.07, 6.45) is 0. The Morgan fingerprint density at radius 3 is 2.16 bits per heavy atom. The lowest BCUT2D eigenvalue weighted by Crippen LogP contribution is -2.27. The number of aliphatic imine (C=N–C) groups is 1. The van der Waals surface area contributed by atoms with Crippen molar-refractivity contribution >= 4 is 17.4 Å². The molecule has 0 saturated heterocycles. The van der Waals surface area contributed by atoms with Gasteiger partial charge in [0.15, 0.2) is 0 Å². The number of nitrogens with two attached hydrogens (primary N) is 1. The van der Waals surface area contributed by atoms with Crippen LogP contribution >= 0.6 is 0 Å². The highest BCUT2D eigenvalue weighted by Crippen LogP contribution is 2.08. The number of hydrazone groups is 1. The number of guanidine groups is 1. The van der Waals surface area contributed by atoms with Crippen LogP contribution in [0.2, 0.25) is 0 Å². The molecule has 0 saturated carbocycles. The van der Waals surface area contributed by atoms with E-state index in [0.29, 0.717) is 0 Å². The molecule has 0 bridgehead atoms. The van der Waals surface area contributed by atoms with Crippen LogP contribution in [0, 0.1) is 0 Å². The number of rotatable bonds is 3. The average Bonchev–Trinajstić information content (AvgIpc) is 2.47. The Hall–Kier alpha value is -2.62. The maximum Gasteiger partial charge on any atom is 0.214 e. The highest BCUT2D eigenvalue weighted by molar-refractivity contribution is 5.99. The van der Waals surface area contributed by atoms with Crippen LogP contribution < -0.4 is 11.2 Å². The van der Waals surface area contributed by atoms with Crippen LogP contribution in [0.15, 0.2) is 70.8 Å². The van der Waals surface area contributed by atoms with E-state index in [1.54, 1.807) is 0 Å². The molecule has 0 amide bonds. The molecule has 2 aromatic rings. The Balaban J connectivity index is 2.04. The molecule has 2 rings (SSSR count). The van der Waals surface area contributed by atoms with Crippen molar-refractivity contribution in [1.29, 1.82) is 0 Å². The number of benzene rings is 2. The SMILES string of the molecule is C/C(=N/NC(N)=Nc1ccccc1)c1ccccc1. The third kappa shape index (κ3) is 3.96. The number of nitrogens with zero attached hydrogens (tertiary/aromatic N) is 2. The van der Waals surface area contributed by atoms with Crippen molar-refractivity contribution in [3.63, 3.8) is 0 Å². The Morgan fingerprint density at radius 1 is 0.947 bits per heavy atom. The number of nitrogens with one attached hydrogen (secondary N) is 1. The van der Waals surface area contributed by atoms with Crippen molar-refractivity contribution < 1.29 is 0 Å². The molecular formula is C15H16N4. The summed E-state index contributed by atoms with van der Waals surface area (Å²) < 4.78 is 0. The Bertz CT molecular complexity index is 574. The van der Waals surface area contributed by atoms with Gasteiger partial charge in [-0.1, -0.05) is 48.5 Å². The topological polar surface area (TPSA) is 62.8 Å². The second kappa shape index (κ2) is 6.35. The van der Waals surface area contributed by atoms with E-state index in [1.165, 1.54) is 0 Å². The van der Waals surface area contributed by atoms with Gasteiger partial charge in [-0.3, -0.25) is 0 Å². The van der Waals surface area contributed by atoms with Crippen molar-refractivity contribution in [2.24, 2.45) is 15.8 Å². The fourth-order valence-electron chi connectivity index (χ4n) is 1.55. The molecule has 2 aromatic carbocycles. The molecule has 3 N–H and O–H groups in total. The predicted octanol–water partition coefficient (Wildman–Crippen LogP) is 2.65. The van der Waals surface area contributed by atoms with Crippen LogP contribution in [0.25, 0.3) is 0 Å². The Labute approximate surface area is 112 Å². The van der Waals surface area contributed by atoms with Crippen LogP contribution in [-0.4, -0.2) is 11.7 Å². The van der Waals surface area contributed by atoms with E-state index in [9.17, 15) is 0 Å². The molecule has 0 atom stereocenters. The molecule has 0 aliphatic heterocycles. The molecule has 0 spiro atoms. The van der Waals surface area contributed by atoms with Gasteiger partial charge >= 0.3 is 0 Å². The van der Waals surface area contributed by atoms with E-state index in [-0.39, 0.29) is 5.96 Å². The van der Waals surface area contributed by atoms with Gasteiger partial charge in [0.2, 0.25) is 5.96 Å². The first-order valence-electron chi connectivity index (χ1n) is 6.00. The van der Waals surface area contributed by atoms with E-state index in [4.69, 9.17) is 5.73 Å². The molecule has 4 heteroatoms. The summed E-state index contributed by atoms with van der Waals surface area (Å²) >= 11 is 0. The summed E-state index contributed by atoms with van der Waals surface area (Å²) in [4.78, 5) is 4.20. The molecule has 19 heavy (non-hydrogen) atoms. The first-order valence-corrected chi connectivity index (χ1v) is 6.00. The largest absolute Gasteiger partial charge is 0.368 e. The zero-order chi connectivity index (χ0) is 13.5. The lowest BCUT2D eigenvalue weighted by Gasteiger charge is -2.03. The summed E-state index contributed by atoms with van der Waals surface area (Å²) in [6.45, 7) is 1.91. The Morgan fingerprint density at radius 2 is 1.53 bits per heavy atom. The van der Waals surface area contributed by atoms with E-state index < -0.39 is 0 Å². The summed E-state index contributed by atoms with van der Waals surface area (Å²) in [5, 5.41) is 4.20. The van der Waals surface area contributed by atoms with Gasteiger partial charge in [-0.2, -0.15) is 5.10 Å². The van der Waals surface area contributed by atoms with Crippen LogP contribution in [0.5, 0.6) is 0 Å². The molecule has 0 fully saturated rings. The van der Waals surface area contributed by atoms with Crippen LogP contribution in [-0.2, 0) is 0 Å². The molecule has 0 aliphatic rings. The van der Waals surface area contributed by atoms with Crippen LogP contribution in [0.3, 0.4) is 0 Å². The number of para-hydroxylation sites is 1. The van der Waals surface area contributed by atoms with Crippen molar-refractivity contribution in [3.8, 4) is 0 Å². The van der Waals surface area contributed by atoms with E-state index in [2.05, 4.69) is 15.5 Å². The quantitative estimate of drug-likeness (QED) is 0.501. The van der Waals surface area contributed by atoms with Crippen molar-refractivity contribution in [1.82, 2.24) is 5.43 Å². The summed E-state index contributed by atoms with van der Waals surface area (Å²) in [7, 11) is 0. The zero-order valence-electron chi connectivity index (χ0n) is 10.7. The van der Waals surface area contributed by atoms with Gasteiger partial charge < -0.3 is 5.73 Å². The average molecular weight is 252 g/mol. The highest BCUT2D eigenvalue weighted by atomic mass is 15.4. The smallest absolute Gasteiger partial charge is 0.214 e. The van der Waals surface area contributed by atoms with Gasteiger partial charge in [0.05, 0.1) is 11.4 Å². The van der Waals surface area contributed by atoms with Crippen molar-refractivity contribution in [2.75, 3.05) is 0 Å².